The molecule has 0 aromatic carbocycles. The van der Waals surface area contributed by atoms with Gasteiger partial charge in [0.15, 0.2) is 0 Å². The van der Waals surface area contributed by atoms with Gasteiger partial charge in [0.1, 0.15) is 0 Å². The number of hydrogen-bond acceptors (Lipinski definition) is 12. The lowest BCUT2D eigenvalue weighted by Crippen LogP contribution is -2.43. The Morgan fingerprint density at radius 3 is 2.07 bits per heavy atom. The van der Waals surface area contributed by atoms with E-state index in [-0.39, 0.29) is 5.34 Å². The molecule has 0 heterocycles. The molecule has 0 fully saturated rings. The highest BCUT2D eigenvalue weighted by Gasteiger charge is 1.95. The van der Waals surface area contributed by atoms with E-state index >= 15 is 0 Å². The third kappa shape index (κ3) is 6.97. The summed E-state index contributed by atoms with van der Waals surface area (Å²) >= 11 is 0. The number of rotatable bonds is 8. The highest BCUT2D eigenvalue weighted by Crippen LogP contribution is 1.91. The molecule has 0 aliphatic carbocycles. The molecule has 0 aromatic heterocycles. The van der Waals surface area contributed by atoms with E-state index < -0.39 is 10.7 Å². The van der Waals surface area contributed by atoms with Gasteiger partial charge in [0.05, 0.1) is 14.2 Å². The van der Waals surface area contributed by atoms with E-state index in [1.807, 2.05) is 0 Å². The van der Waals surface area contributed by atoms with Gasteiger partial charge in [-0.1, -0.05) is 10.4 Å². The number of hydrazine groups is 2. The van der Waals surface area contributed by atoms with Crippen LogP contribution in [0, 0.1) is 15.6 Å². The summed E-state index contributed by atoms with van der Waals surface area (Å²) in [5.41, 5.74) is 1.37. The molecule has 12 heteroatoms. The monoisotopic (exact) mass is 215 g/mol. The lowest BCUT2D eigenvalue weighted by atomic mass is 11.7. The summed E-state index contributed by atoms with van der Waals surface area (Å²) in [5, 5.41) is 32.8. The molecule has 0 rings (SSSR count). The van der Waals surface area contributed by atoms with E-state index in [4.69, 9.17) is 0 Å². The highest BCUT2D eigenvalue weighted by atomic mass is 17.6. The van der Waals surface area contributed by atoms with Gasteiger partial charge < -0.3 is 15.6 Å². The lowest BCUT2D eigenvalue weighted by molar-refractivity contribution is -0.660. The Hall–Kier alpha value is -0.480. The van der Waals surface area contributed by atoms with Crippen LogP contribution in [0.25, 0.3) is 0 Å². The van der Waals surface area contributed by atoms with Crippen LogP contribution in [-0.2, 0) is 24.7 Å². The molecule has 0 spiro atoms. The van der Waals surface area contributed by atoms with Crippen molar-refractivity contribution in [3.63, 3.8) is 0 Å². The Bertz CT molecular complexity index is 137. The molecule has 0 amide bonds. The zero-order valence-electron chi connectivity index (χ0n) is 7.11. The molecule has 0 aliphatic heterocycles. The van der Waals surface area contributed by atoms with Crippen LogP contribution in [0.5, 0.6) is 0 Å². The Kier molecular flexibility index (Phi) is 7.61. The Labute approximate surface area is 77.4 Å². The predicted molar refractivity (Wildman–Crippen MR) is 36.0 cm³/mol. The van der Waals surface area contributed by atoms with Gasteiger partial charge in [-0.15, -0.1) is 10.3 Å². The number of nitrogens with zero attached hydrogens (tertiary/aromatic N) is 3. The Morgan fingerprint density at radius 2 is 1.57 bits per heavy atom. The maximum absolute atomic E-state index is 10.4. The van der Waals surface area contributed by atoms with Crippen molar-refractivity contribution in [3.05, 3.63) is 15.6 Å². The minimum atomic E-state index is -0.597. The Balaban J connectivity index is 3.39. The molecular formula is C2H7N4O8-3. The van der Waals surface area contributed by atoms with E-state index in [0.717, 1.165) is 14.2 Å². The second-order valence-corrected chi connectivity index (χ2v) is 1.42. The van der Waals surface area contributed by atoms with Crippen molar-refractivity contribution < 1.29 is 24.7 Å². The molecule has 0 aromatic rings. The first kappa shape index (κ1) is 13.5. The maximum atomic E-state index is 10.4. The largest absolute Gasteiger partial charge is 0.747 e. The second-order valence-electron chi connectivity index (χ2n) is 1.42. The predicted octanol–water partition coefficient (Wildman–Crippen LogP) is -1.36. The van der Waals surface area contributed by atoms with Crippen molar-refractivity contribution in [2.75, 3.05) is 14.2 Å². The van der Waals surface area contributed by atoms with Gasteiger partial charge >= 0.3 is 0 Å². The first-order chi connectivity index (χ1) is 6.60. The van der Waals surface area contributed by atoms with Crippen LogP contribution in [0.4, 0.5) is 0 Å². The van der Waals surface area contributed by atoms with E-state index in [1.54, 1.807) is 0 Å². The van der Waals surface area contributed by atoms with E-state index in [2.05, 4.69) is 24.7 Å². The second kappa shape index (κ2) is 7.88. The van der Waals surface area contributed by atoms with Crippen molar-refractivity contribution in [3.8, 4) is 0 Å². The SMILES string of the molecule is CON([O-])NN([O-])OOON([O-])OC. The molecule has 0 bridgehead atoms. The topological polar surface area (TPSA) is 137 Å². The molecular weight excluding hydrogens is 208 g/mol. The fourth-order valence-electron chi connectivity index (χ4n) is 0.221. The standard InChI is InChI=1S/C2H7N4O8/c1-10-4(7)3-5(8)12-14-13-6(9)11-2/h3H,1-2H3/q-3. The summed E-state index contributed by atoms with van der Waals surface area (Å²) in [6.45, 7) is 0. The summed E-state index contributed by atoms with van der Waals surface area (Å²) in [6.07, 6.45) is 0. The summed E-state index contributed by atoms with van der Waals surface area (Å²) in [5.74, 6) is 0. The van der Waals surface area contributed by atoms with Gasteiger partial charge in [-0.2, -0.15) is 10.9 Å². The number of nitrogens with one attached hydrogen (secondary N) is 1. The molecule has 86 valence electrons. The van der Waals surface area contributed by atoms with Gasteiger partial charge in [0, 0.05) is 0 Å². The molecule has 0 aliphatic rings. The quantitative estimate of drug-likeness (QED) is 0.377. The molecule has 0 saturated carbocycles. The lowest BCUT2D eigenvalue weighted by Gasteiger charge is -2.33. The van der Waals surface area contributed by atoms with Gasteiger partial charge in [-0.05, 0) is 5.04 Å². The van der Waals surface area contributed by atoms with Crippen molar-refractivity contribution in [2.24, 2.45) is 0 Å². The first-order valence-corrected chi connectivity index (χ1v) is 2.88. The number of hydrogen-bond donors (Lipinski definition) is 1. The van der Waals surface area contributed by atoms with E-state index in [1.165, 1.54) is 5.53 Å². The summed E-state index contributed by atoms with van der Waals surface area (Å²) in [6, 6.07) is 0. The van der Waals surface area contributed by atoms with Crippen LogP contribution in [0.3, 0.4) is 0 Å². The van der Waals surface area contributed by atoms with Crippen LogP contribution in [0.1, 0.15) is 0 Å². The smallest absolute Gasteiger partial charge is 0.0591 e. The molecule has 0 saturated heterocycles. The van der Waals surface area contributed by atoms with Crippen LogP contribution in [-0.4, -0.2) is 30.3 Å². The Morgan fingerprint density at radius 1 is 0.929 bits per heavy atom. The average Bonchev–Trinajstić information content (AvgIpc) is 2.17. The first-order valence-electron chi connectivity index (χ1n) is 2.88. The minimum Gasteiger partial charge on any atom is -0.747 e. The minimum absolute atomic E-state index is 0.359. The summed E-state index contributed by atoms with van der Waals surface area (Å²) in [7, 11) is 1.95. The molecule has 14 heavy (non-hydrogen) atoms. The van der Waals surface area contributed by atoms with Crippen LogP contribution in [0.2, 0.25) is 0 Å². The normalized spacial score (nSPS) is 12.0. The van der Waals surface area contributed by atoms with Gasteiger partial charge in [-0.25, -0.2) is 0 Å². The third-order valence-electron chi connectivity index (χ3n) is 0.668. The van der Waals surface area contributed by atoms with Crippen molar-refractivity contribution in [1.82, 2.24) is 21.6 Å². The molecule has 12 nitrogen and oxygen atoms in total. The van der Waals surface area contributed by atoms with E-state index in [9.17, 15) is 15.6 Å². The third-order valence-corrected chi connectivity index (χ3v) is 0.668. The summed E-state index contributed by atoms with van der Waals surface area (Å²) < 4.78 is 0. The van der Waals surface area contributed by atoms with Gasteiger partial charge in [0.2, 0.25) is 0 Å². The maximum Gasteiger partial charge on any atom is 0.0591 e. The molecule has 1 N–H and O–H groups in total. The highest BCUT2D eigenvalue weighted by molar-refractivity contribution is 4.28. The zero-order chi connectivity index (χ0) is 11.0. The van der Waals surface area contributed by atoms with E-state index in [0.29, 0.717) is 0 Å². The van der Waals surface area contributed by atoms with Crippen molar-refractivity contribution in [2.45, 2.75) is 0 Å². The fraction of sp³-hybridized carbons (Fsp3) is 1.00. The van der Waals surface area contributed by atoms with Crippen molar-refractivity contribution in [1.29, 1.82) is 0 Å². The fourth-order valence-corrected chi connectivity index (χ4v) is 0.221. The summed E-state index contributed by atoms with van der Waals surface area (Å²) in [4.78, 5) is 14.9. The van der Waals surface area contributed by atoms with Gasteiger partial charge in [-0.3, -0.25) is 9.68 Å². The molecule has 0 radical (unpaired) electrons. The zero-order valence-corrected chi connectivity index (χ0v) is 7.11. The van der Waals surface area contributed by atoms with Crippen LogP contribution < -0.4 is 5.53 Å². The molecule has 0 unspecified atom stereocenters. The van der Waals surface area contributed by atoms with Gasteiger partial charge in [0.25, 0.3) is 0 Å². The average molecular weight is 215 g/mol. The van der Waals surface area contributed by atoms with Crippen LogP contribution in [0.15, 0.2) is 0 Å². The van der Waals surface area contributed by atoms with Crippen molar-refractivity contribution >= 4 is 0 Å². The molecule has 0 atom stereocenters. The van der Waals surface area contributed by atoms with Crippen LogP contribution >= 0.6 is 0 Å².